The standard InChI is InChI=1S/C11H13BrN2O/c12-11-6-10(15-14-11)8-13-7-9-4-2-1-3-5-9/h1-5,10,13H,6-8H2/t10-/m1/s1. The van der Waals surface area contributed by atoms with Gasteiger partial charge in [0.05, 0.1) is 0 Å². The zero-order valence-electron chi connectivity index (χ0n) is 8.32. The molecule has 15 heavy (non-hydrogen) atoms. The fraction of sp³-hybridized carbons (Fsp3) is 0.364. The molecule has 0 aromatic heterocycles. The van der Waals surface area contributed by atoms with E-state index in [2.05, 4.69) is 38.5 Å². The van der Waals surface area contributed by atoms with Gasteiger partial charge in [0, 0.05) is 19.5 Å². The molecule has 0 aliphatic carbocycles. The normalized spacial score (nSPS) is 19.8. The number of rotatable bonds is 4. The third-order valence-electron chi connectivity index (χ3n) is 2.24. The molecule has 2 rings (SSSR count). The number of halogens is 1. The van der Waals surface area contributed by atoms with E-state index in [1.165, 1.54) is 5.56 Å². The van der Waals surface area contributed by atoms with Crippen molar-refractivity contribution in [2.45, 2.75) is 19.1 Å². The van der Waals surface area contributed by atoms with Crippen LogP contribution in [0.4, 0.5) is 0 Å². The van der Waals surface area contributed by atoms with Gasteiger partial charge in [-0.15, -0.1) is 0 Å². The maximum atomic E-state index is 5.18. The molecule has 1 aromatic carbocycles. The average Bonchev–Trinajstić information content (AvgIpc) is 2.66. The Labute approximate surface area is 97.6 Å². The second-order valence-electron chi connectivity index (χ2n) is 3.52. The van der Waals surface area contributed by atoms with Crippen LogP contribution in [0.1, 0.15) is 12.0 Å². The van der Waals surface area contributed by atoms with Crippen molar-refractivity contribution in [1.29, 1.82) is 0 Å². The second-order valence-corrected chi connectivity index (χ2v) is 4.43. The van der Waals surface area contributed by atoms with Crippen LogP contribution >= 0.6 is 15.9 Å². The van der Waals surface area contributed by atoms with E-state index in [9.17, 15) is 0 Å². The van der Waals surface area contributed by atoms with Crippen molar-refractivity contribution >= 4 is 20.6 Å². The molecule has 1 aliphatic rings. The molecule has 0 radical (unpaired) electrons. The number of oxime groups is 1. The molecule has 80 valence electrons. The summed E-state index contributed by atoms with van der Waals surface area (Å²) in [6.45, 7) is 1.70. The van der Waals surface area contributed by atoms with Crippen molar-refractivity contribution in [3.8, 4) is 0 Å². The van der Waals surface area contributed by atoms with Gasteiger partial charge in [-0.2, -0.15) is 0 Å². The first kappa shape index (κ1) is 10.6. The molecule has 1 aromatic rings. The summed E-state index contributed by atoms with van der Waals surface area (Å²) >= 11 is 3.31. The van der Waals surface area contributed by atoms with E-state index >= 15 is 0 Å². The van der Waals surface area contributed by atoms with Crippen LogP contribution in [0.3, 0.4) is 0 Å². The summed E-state index contributed by atoms with van der Waals surface area (Å²) < 4.78 is 0.897. The fourth-order valence-corrected chi connectivity index (χ4v) is 1.92. The van der Waals surface area contributed by atoms with E-state index in [0.717, 1.165) is 24.1 Å². The zero-order chi connectivity index (χ0) is 10.5. The predicted molar refractivity (Wildman–Crippen MR) is 64.0 cm³/mol. The number of nitrogens with zero attached hydrogens (tertiary/aromatic N) is 1. The largest absolute Gasteiger partial charge is 0.390 e. The minimum absolute atomic E-state index is 0.170. The van der Waals surface area contributed by atoms with Gasteiger partial charge in [-0.25, -0.2) is 0 Å². The molecule has 1 aliphatic heterocycles. The van der Waals surface area contributed by atoms with Crippen molar-refractivity contribution in [3.05, 3.63) is 35.9 Å². The molecule has 0 unspecified atom stereocenters. The highest BCUT2D eigenvalue weighted by Crippen LogP contribution is 2.13. The minimum atomic E-state index is 0.170. The Bertz CT molecular complexity index is 340. The van der Waals surface area contributed by atoms with Gasteiger partial charge in [0.15, 0.2) is 0 Å². The smallest absolute Gasteiger partial charge is 0.146 e. The fourth-order valence-electron chi connectivity index (χ4n) is 1.48. The molecule has 0 saturated carbocycles. The second kappa shape index (κ2) is 5.28. The van der Waals surface area contributed by atoms with E-state index in [0.29, 0.717) is 0 Å². The third kappa shape index (κ3) is 3.32. The first-order chi connectivity index (χ1) is 7.34. The van der Waals surface area contributed by atoms with Crippen LogP contribution in [0.5, 0.6) is 0 Å². The van der Waals surface area contributed by atoms with Crippen LogP contribution in [-0.2, 0) is 11.4 Å². The lowest BCUT2D eigenvalue weighted by Crippen LogP contribution is -2.26. The van der Waals surface area contributed by atoms with Gasteiger partial charge in [-0.3, -0.25) is 0 Å². The van der Waals surface area contributed by atoms with Crippen molar-refractivity contribution < 1.29 is 4.84 Å². The quantitative estimate of drug-likeness (QED) is 0.909. The van der Waals surface area contributed by atoms with Crippen LogP contribution in [0.15, 0.2) is 35.5 Å². The van der Waals surface area contributed by atoms with E-state index in [1.54, 1.807) is 0 Å². The Hall–Kier alpha value is -0.870. The van der Waals surface area contributed by atoms with Crippen molar-refractivity contribution in [1.82, 2.24) is 5.32 Å². The minimum Gasteiger partial charge on any atom is -0.390 e. The monoisotopic (exact) mass is 268 g/mol. The lowest BCUT2D eigenvalue weighted by Gasteiger charge is -2.09. The molecular weight excluding hydrogens is 256 g/mol. The average molecular weight is 269 g/mol. The van der Waals surface area contributed by atoms with Crippen LogP contribution in [-0.4, -0.2) is 17.3 Å². The van der Waals surface area contributed by atoms with Gasteiger partial charge in [0.25, 0.3) is 0 Å². The predicted octanol–water partition coefficient (Wildman–Crippen LogP) is 2.27. The van der Waals surface area contributed by atoms with Gasteiger partial charge in [0.2, 0.25) is 0 Å². The summed E-state index contributed by atoms with van der Waals surface area (Å²) in [5.74, 6) is 0. The molecule has 1 heterocycles. The van der Waals surface area contributed by atoms with E-state index in [4.69, 9.17) is 4.84 Å². The maximum Gasteiger partial charge on any atom is 0.146 e. The van der Waals surface area contributed by atoms with Crippen molar-refractivity contribution in [2.24, 2.45) is 5.16 Å². The third-order valence-corrected chi connectivity index (χ3v) is 2.71. The highest BCUT2D eigenvalue weighted by atomic mass is 79.9. The first-order valence-electron chi connectivity index (χ1n) is 4.97. The van der Waals surface area contributed by atoms with Crippen molar-refractivity contribution in [2.75, 3.05) is 6.54 Å². The molecule has 4 heteroatoms. The summed E-state index contributed by atoms with van der Waals surface area (Å²) in [4.78, 5) is 5.18. The SMILES string of the molecule is BrC1=NO[C@@H](CNCc2ccccc2)C1. The van der Waals surface area contributed by atoms with Gasteiger partial charge in [-0.05, 0) is 21.5 Å². The molecule has 0 bridgehead atoms. The van der Waals surface area contributed by atoms with Crippen LogP contribution in [0.25, 0.3) is 0 Å². The molecular formula is C11H13BrN2O. The Morgan fingerprint density at radius 3 is 2.87 bits per heavy atom. The van der Waals surface area contributed by atoms with Crippen LogP contribution in [0, 0.1) is 0 Å². The summed E-state index contributed by atoms with van der Waals surface area (Å²) in [5.41, 5.74) is 1.29. The summed E-state index contributed by atoms with van der Waals surface area (Å²) in [7, 11) is 0. The molecule has 0 saturated heterocycles. The molecule has 1 N–H and O–H groups in total. The first-order valence-corrected chi connectivity index (χ1v) is 5.77. The topological polar surface area (TPSA) is 33.6 Å². The Morgan fingerprint density at radius 1 is 1.40 bits per heavy atom. The number of hydrogen-bond donors (Lipinski definition) is 1. The number of nitrogens with one attached hydrogen (secondary N) is 1. The molecule has 0 amide bonds. The van der Waals surface area contributed by atoms with Gasteiger partial charge in [-0.1, -0.05) is 35.5 Å². The van der Waals surface area contributed by atoms with Crippen molar-refractivity contribution in [3.63, 3.8) is 0 Å². The Morgan fingerprint density at radius 2 is 2.20 bits per heavy atom. The van der Waals surface area contributed by atoms with Crippen LogP contribution in [0.2, 0.25) is 0 Å². The van der Waals surface area contributed by atoms with Gasteiger partial charge < -0.3 is 10.2 Å². The Kier molecular flexibility index (Phi) is 3.75. The van der Waals surface area contributed by atoms with Crippen LogP contribution < -0.4 is 5.32 Å². The highest BCUT2D eigenvalue weighted by molar-refractivity contribution is 9.18. The highest BCUT2D eigenvalue weighted by Gasteiger charge is 2.18. The molecule has 0 fully saturated rings. The summed E-state index contributed by atoms with van der Waals surface area (Å²) in [6, 6.07) is 10.3. The van der Waals surface area contributed by atoms with E-state index in [-0.39, 0.29) is 6.10 Å². The molecule has 1 atom stereocenters. The Balaban J connectivity index is 1.68. The molecule has 0 spiro atoms. The van der Waals surface area contributed by atoms with Gasteiger partial charge in [0.1, 0.15) is 10.7 Å². The summed E-state index contributed by atoms with van der Waals surface area (Å²) in [5, 5.41) is 7.18. The van der Waals surface area contributed by atoms with E-state index < -0.39 is 0 Å². The molecule has 3 nitrogen and oxygen atoms in total. The van der Waals surface area contributed by atoms with E-state index in [1.807, 2.05) is 18.2 Å². The number of benzene rings is 1. The van der Waals surface area contributed by atoms with Gasteiger partial charge >= 0.3 is 0 Å². The maximum absolute atomic E-state index is 5.18. The lowest BCUT2D eigenvalue weighted by atomic mass is 10.2. The number of hydrogen-bond acceptors (Lipinski definition) is 3. The lowest BCUT2D eigenvalue weighted by molar-refractivity contribution is 0.0849. The zero-order valence-corrected chi connectivity index (χ0v) is 9.90. The summed E-state index contributed by atoms with van der Waals surface area (Å²) in [6.07, 6.45) is 1.03.